The fourth-order valence-corrected chi connectivity index (χ4v) is 1.71. The lowest BCUT2D eigenvalue weighted by Gasteiger charge is -2.21. The van der Waals surface area contributed by atoms with Crippen molar-refractivity contribution in [2.45, 2.75) is 32.9 Å². The molecule has 3 nitrogen and oxygen atoms in total. The molecule has 0 amide bonds. The zero-order chi connectivity index (χ0) is 13.5. The van der Waals surface area contributed by atoms with E-state index in [2.05, 4.69) is 5.32 Å². The van der Waals surface area contributed by atoms with E-state index in [1.807, 2.05) is 13.8 Å². The number of rotatable bonds is 6. The van der Waals surface area contributed by atoms with E-state index in [0.29, 0.717) is 6.54 Å². The first-order valence-electron chi connectivity index (χ1n) is 6.14. The van der Waals surface area contributed by atoms with Crippen LogP contribution in [-0.4, -0.2) is 19.1 Å². The van der Waals surface area contributed by atoms with Crippen LogP contribution < -0.4 is 5.32 Å². The largest absolute Gasteiger partial charge is 0.468 e. The molecule has 100 valence electrons. The van der Waals surface area contributed by atoms with Crippen molar-refractivity contribution in [3.8, 4) is 0 Å². The van der Waals surface area contributed by atoms with Crippen LogP contribution in [0.2, 0.25) is 0 Å². The van der Waals surface area contributed by atoms with E-state index >= 15 is 0 Å². The number of methoxy groups -OCH3 is 1. The second kappa shape index (κ2) is 7.11. The Bertz CT molecular complexity index is 378. The standard InChI is InChI=1S/C14H20FNO2/c1-4-10(2)13(14(17)18-3)16-9-11-5-7-12(15)8-6-11/h5-8,10,13,16H,4,9H2,1-3H3. The van der Waals surface area contributed by atoms with E-state index in [1.54, 1.807) is 12.1 Å². The van der Waals surface area contributed by atoms with Crippen LogP contribution in [0, 0.1) is 11.7 Å². The molecular weight excluding hydrogens is 233 g/mol. The minimum Gasteiger partial charge on any atom is -0.468 e. The highest BCUT2D eigenvalue weighted by atomic mass is 19.1. The zero-order valence-electron chi connectivity index (χ0n) is 11.1. The second-order valence-corrected chi connectivity index (χ2v) is 4.39. The lowest BCUT2D eigenvalue weighted by molar-refractivity contribution is -0.144. The Hall–Kier alpha value is -1.42. The van der Waals surface area contributed by atoms with E-state index in [0.717, 1.165) is 12.0 Å². The quantitative estimate of drug-likeness (QED) is 0.792. The van der Waals surface area contributed by atoms with Gasteiger partial charge in [0, 0.05) is 6.54 Å². The Kier molecular flexibility index (Phi) is 5.78. The summed E-state index contributed by atoms with van der Waals surface area (Å²) in [6.07, 6.45) is 0.885. The Morgan fingerprint density at radius 2 is 2.00 bits per heavy atom. The molecule has 1 rings (SSSR count). The molecular formula is C14H20FNO2. The van der Waals surface area contributed by atoms with Gasteiger partial charge < -0.3 is 10.1 Å². The topological polar surface area (TPSA) is 38.3 Å². The van der Waals surface area contributed by atoms with Gasteiger partial charge in [0.15, 0.2) is 0 Å². The average Bonchev–Trinajstić information content (AvgIpc) is 2.40. The summed E-state index contributed by atoms with van der Waals surface area (Å²) in [5.74, 6) is -0.324. The van der Waals surface area contributed by atoms with Gasteiger partial charge in [0.05, 0.1) is 7.11 Å². The van der Waals surface area contributed by atoms with Crippen LogP contribution in [0.1, 0.15) is 25.8 Å². The minimum absolute atomic E-state index is 0.192. The highest BCUT2D eigenvalue weighted by Gasteiger charge is 2.23. The summed E-state index contributed by atoms with van der Waals surface area (Å²) in [5.41, 5.74) is 0.939. The van der Waals surface area contributed by atoms with Crippen molar-refractivity contribution in [2.24, 2.45) is 5.92 Å². The molecule has 0 heterocycles. The molecule has 0 bridgehead atoms. The minimum atomic E-state index is -0.329. The Morgan fingerprint density at radius 3 is 2.50 bits per heavy atom. The highest BCUT2D eigenvalue weighted by Crippen LogP contribution is 2.10. The number of ether oxygens (including phenoxy) is 1. The van der Waals surface area contributed by atoms with E-state index < -0.39 is 0 Å². The summed E-state index contributed by atoms with van der Waals surface area (Å²) < 4.78 is 17.5. The smallest absolute Gasteiger partial charge is 0.323 e. The van der Waals surface area contributed by atoms with Gasteiger partial charge in [-0.3, -0.25) is 4.79 Å². The molecule has 0 fully saturated rings. The number of halogens is 1. The van der Waals surface area contributed by atoms with Gasteiger partial charge in [0.25, 0.3) is 0 Å². The van der Waals surface area contributed by atoms with Gasteiger partial charge in [-0.25, -0.2) is 4.39 Å². The summed E-state index contributed by atoms with van der Waals surface area (Å²) >= 11 is 0. The highest BCUT2D eigenvalue weighted by molar-refractivity contribution is 5.75. The van der Waals surface area contributed by atoms with Crippen molar-refractivity contribution >= 4 is 5.97 Å². The monoisotopic (exact) mass is 253 g/mol. The molecule has 18 heavy (non-hydrogen) atoms. The molecule has 0 aromatic heterocycles. The number of hydrogen-bond donors (Lipinski definition) is 1. The maximum Gasteiger partial charge on any atom is 0.323 e. The number of carbonyl (C=O) groups is 1. The molecule has 1 aromatic carbocycles. The molecule has 0 spiro atoms. The van der Waals surface area contributed by atoms with Crippen LogP contribution >= 0.6 is 0 Å². The van der Waals surface area contributed by atoms with Gasteiger partial charge in [-0.2, -0.15) is 0 Å². The fourth-order valence-electron chi connectivity index (χ4n) is 1.71. The lowest BCUT2D eigenvalue weighted by atomic mass is 9.99. The van der Waals surface area contributed by atoms with Crippen molar-refractivity contribution in [2.75, 3.05) is 7.11 Å². The fraction of sp³-hybridized carbons (Fsp3) is 0.500. The maximum absolute atomic E-state index is 12.8. The molecule has 4 heteroatoms. The first-order chi connectivity index (χ1) is 8.58. The summed E-state index contributed by atoms with van der Waals surface area (Å²) in [4.78, 5) is 11.6. The molecule has 0 aliphatic carbocycles. The number of nitrogens with one attached hydrogen (secondary N) is 1. The second-order valence-electron chi connectivity index (χ2n) is 4.39. The SMILES string of the molecule is CCC(C)C(NCc1ccc(F)cc1)C(=O)OC. The van der Waals surface area contributed by atoms with Crippen LogP contribution in [0.5, 0.6) is 0 Å². The maximum atomic E-state index is 12.8. The lowest BCUT2D eigenvalue weighted by Crippen LogP contribution is -2.42. The van der Waals surface area contributed by atoms with E-state index in [4.69, 9.17) is 4.74 Å². The Balaban J connectivity index is 2.61. The zero-order valence-corrected chi connectivity index (χ0v) is 11.1. The predicted octanol–water partition coefficient (Wildman–Crippen LogP) is 2.50. The molecule has 2 atom stereocenters. The van der Waals surface area contributed by atoms with E-state index in [9.17, 15) is 9.18 Å². The van der Waals surface area contributed by atoms with E-state index in [-0.39, 0.29) is 23.7 Å². The third-order valence-corrected chi connectivity index (χ3v) is 3.11. The number of hydrogen-bond acceptors (Lipinski definition) is 3. The predicted molar refractivity (Wildman–Crippen MR) is 68.5 cm³/mol. The summed E-state index contributed by atoms with van der Waals surface area (Å²) in [7, 11) is 1.39. The van der Waals surface area contributed by atoms with Gasteiger partial charge in [-0.15, -0.1) is 0 Å². The first-order valence-corrected chi connectivity index (χ1v) is 6.14. The van der Waals surface area contributed by atoms with E-state index in [1.165, 1.54) is 19.2 Å². The van der Waals surface area contributed by atoms with Gasteiger partial charge in [-0.1, -0.05) is 32.4 Å². The Morgan fingerprint density at radius 1 is 1.39 bits per heavy atom. The van der Waals surface area contributed by atoms with Gasteiger partial charge in [-0.05, 0) is 23.6 Å². The van der Waals surface area contributed by atoms with Crippen LogP contribution in [0.15, 0.2) is 24.3 Å². The molecule has 2 unspecified atom stereocenters. The molecule has 0 radical (unpaired) electrons. The van der Waals surface area contributed by atoms with Gasteiger partial charge in [0.2, 0.25) is 0 Å². The summed E-state index contributed by atoms with van der Waals surface area (Å²) in [6.45, 7) is 4.55. The molecule has 0 aliphatic rings. The van der Waals surface area contributed by atoms with Crippen molar-refractivity contribution in [1.82, 2.24) is 5.32 Å². The van der Waals surface area contributed by atoms with Crippen molar-refractivity contribution in [1.29, 1.82) is 0 Å². The van der Waals surface area contributed by atoms with Crippen LogP contribution in [0.3, 0.4) is 0 Å². The van der Waals surface area contributed by atoms with Crippen molar-refractivity contribution in [3.63, 3.8) is 0 Å². The molecule has 0 saturated heterocycles. The van der Waals surface area contributed by atoms with Crippen molar-refractivity contribution in [3.05, 3.63) is 35.6 Å². The third kappa shape index (κ3) is 4.11. The summed E-state index contributed by atoms with van der Waals surface area (Å²) in [5, 5.41) is 3.16. The molecule has 0 saturated carbocycles. The normalized spacial score (nSPS) is 14.0. The molecule has 1 N–H and O–H groups in total. The Labute approximate surface area is 107 Å². The van der Waals surface area contributed by atoms with Crippen LogP contribution in [0.4, 0.5) is 4.39 Å². The van der Waals surface area contributed by atoms with Crippen molar-refractivity contribution < 1.29 is 13.9 Å². The first kappa shape index (κ1) is 14.6. The van der Waals surface area contributed by atoms with Crippen LogP contribution in [-0.2, 0) is 16.1 Å². The molecule has 1 aromatic rings. The third-order valence-electron chi connectivity index (χ3n) is 3.11. The van der Waals surface area contributed by atoms with Crippen LogP contribution in [0.25, 0.3) is 0 Å². The number of esters is 1. The van der Waals surface area contributed by atoms with Gasteiger partial charge >= 0.3 is 5.97 Å². The van der Waals surface area contributed by atoms with Gasteiger partial charge in [0.1, 0.15) is 11.9 Å². The molecule has 0 aliphatic heterocycles. The number of benzene rings is 1. The average molecular weight is 253 g/mol. The summed E-state index contributed by atoms with van der Waals surface area (Å²) in [6, 6.07) is 5.89. The number of carbonyl (C=O) groups excluding carboxylic acids is 1.